The van der Waals surface area contributed by atoms with Crippen LogP contribution < -0.4 is 4.90 Å². The van der Waals surface area contributed by atoms with Crippen molar-refractivity contribution in [1.29, 1.82) is 0 Å². The van der Waals surface area contributed by atoms with Crippen molar-refractivity contribution in [3.8, 4) is 0 Å². The van der Waals surface area contributed by atoms with E-state index in [1.807, 2.05) is 19.1 Å². The highest BCUT2D eigenvalue weighted by molar-refractivity contribution is 5.75. The molecule has 1 aromatic heterocycles. The number of aromatic nitrogens is 2. The number of allylic oxidation sites excluding steroid dienone is 1. The Hall–Kier alpha value is -2.95. The van der Waals surface area contributed by atoms with Crippen molar-refractivity contribution in [1.82, 2.24) is 14.9 Å². The Labute approximate surface area is 151 Å². The van der Waals surface area contributed by atoms with Crippen molar-refractivity contribution >= 4 is 16.7 Å². The molecule has 1 saturated heterocycles. The second-order valence-corrected chi connectivity index (χ2v) is 6.93. The number of fused-ring (bicyclic) bond motifs is 2. The van der Waals surface area contributed by atoms with Crippen LogP contribution in [0.25, 0.3) is 11.0 Å². The Kier molecular flexibility index (Phi) is 3.42. The zero-order chi connectivity index (χ0) is 17.7. The predicted octanol–water partition coefficient (Wildman–Crippen LogP) is 4.53. The third kappa shape index (κ3) is 2.35. The van der Waals surface area contributed by atoms with Crippen LogP contribution in [-0.4, -0.2) is 21.4 Å². The van der Waals surface area contributed by atoms with Gasteiger partial charge < -0.3 is 9.80 Å². The second kappa shape index (κ2) is 5.80. The molecule has 4 nitrogen and oxygen atoms in total. The highest BCUT2D eigenvalue weighted by Gasteiger charge is 2.37. The number of halogens is 1. The fraction of sp³-hybridized carbons (Fsp3) is 0.238. The van der Waals surface area contributed by atoms with E-state index in [0.29, 0.717) is 0 Å². The van der Waals surface area contributed by atoms with Gasteiger partial charge in [0.15, 0.2) is 0 Å². The Bertz CT molecular complexity index is 1030. The molecule has 0 bridgehead atoms. The molecule has 0 N–H and O–H groups in total. The minimum Gasteiger partial charge on any atom is -0.349 e. The Morgan fingerprint density at radius 3 is 2.73 bits per heavy atom. The summed E-state index contributed by atoms with van der Waals surface area (Å²) in [4.78, 5) is 13.5. The van der Waals surface area contributed by atoms with Gasteiger partial charge in [0.25, 0.3) is 0 Å². The molecule has 130 valence electrons. The van der Waals surface area contributed by atoms with E-state index in [9.17, 15) is 4.39 Å². The summed E-state index contributed by atoms with van der Waals surface area (Å²) >= 11 is 0. The molecule has 0 radical (unpaired) electrons. The zero-order valence-electron chi connectivity index (χ0n) is 14.6. The van der Waals surface area contributed by atoms with E-state index < -0.39 is 0 Å². The first kappa shape index (κ1) is 15.3. The van der Waals surface area contributed by atoms with Crippen molar-refractivity contribution in [2.45, 2.75) is 25.9 Å². The van der Waals surface area contributed by atoms with Crippen LogP contribution >= 0.6 is 0 Å². The van der Waals surface area contributed by atoms with Crippen molar-refractivity contribution in [3.05, 3.63) is 77.6 Å². The first-order chi connectivity index (χ1) is 12.7. The van der Waals surface area contributed by atoms with Gasteiger partial charge in [0.1, 0.15) is 12.0 Å². The number of aryl methyl sites for hydroxylation is 1. The molecule has 1 fully saturated rings. The average molecular weight is 346 g/mol. The minimum absolute atomic E-state index is 0.0723. The summed E-state index contributed by atoms with van der Waals surface area (Å²) in [6.07, 6.45) is 7.99. The number of anilines is 1. The first-order valence-electron chi connectivity index (χ1n) is 8.93. The highest BCUT2D eigenvalue weighted by atomic mass is 19.1. The maximum atomic E-state index is 13.6. The van der Waals surface area contributed by atoms with Gasteiger partial charge in [-0.25, -0.2) is 4.39 Å². The lowest BCUT2D eigenvalue weighted by atomic mass is 10.1. The molecule has 1 atom stereocenters. The summed E-state index contributed by atoms with van der Waals surface area (Å²) < 4.78 is 13.6. The van der Waals surface area contributed by atoms with Crippen LogP contribution in [0.5, 0.6) is 0 Å². The van der Waals surface area contributed by atoms with E-state index in [2.05, 4.69) is 38.1 Å². The van der Waals surface area contributed by atoms with E-state index in [-0.39, 0.29) is 12.0 Å². The smallest absolute Gasteiger partial charge is 0.132 e. The third-order valence-electron chi connectivity index (χ3n) is 5.28. The van der Waals surface area contributed by atoms with Gasteiger partial charge in [0, 0.05) is 36.5 Å². The molecule has 3 heterocycles. The number of rotatable bonds is 2. The van der Waals surface area contributed by atoms with Crippen molar-refractivity contribution in [2.75, 3.05) is 11.4 Å². The molecule has 0 aliphatic carbocycles. The van der Waals surface area contributed by atoms with E-state index in [0.717, 1.165) is 35.2 Å². The van der Waals surface area contributed by atoms with Gasteiger partial charge in [0.2, 0.25) is 0 Å². The summed E-state index contributed by atoms with van der Waals surface area (Å²) in [6, 6.07) is 11.3. The van der Waals surface area contributed by atoms with E-state index in [4.69, 9.17) is 0 Å². The topological polar surface area (TPSA) is 32.3 Å². The largest absolute Gasteiger partial charge is 0.349 e. The zero-order valence-corrected chi connectivity index (χ0v) is 14.6. The number of nitrogens with zero attached hydrogens (tertiary/aromatic N) is 4. The lowest BCUT2D eigenvalue weighted by Gasteiger charge is -2.33. The quantitative estimate of drug-likeness (QED) is 0.682. The van der Waals surface area contributed by atoms with Crippen LogP contribution in [-0.2, 0) is 0 Å². The van der Waals surface area contributed by atoms with Crippen LogP contribution in [0.4, 0.5) is 10.1 Å². The van der Waals surface area contributed by atoms with Crippen molar-refractivity contribution < 1.29 is 4.39 Å². The summed E-state index contributed by atoms with van der Waals surface area (Å²) in [5.74, 6) is -0.198. The van der Waals surface area contributed by atoms with E-state index in [1.165, 1.54) is 23.7 Å². The van der Waals surface area contributed by atoms with Crippen LogP contribution in [0.15, 0.2) is 60.7 Å². The van der Waals surface area contributed by atoms with E-state index >= 15 is 0 Å². The third-order valence-corrected chi connectivity index (χ3v) is 5.28. The van der Waals surface area contributed by atoms with E-state index in [1.54, 1.807) is 18.5 Å². The summed E-state index contributed by atoms with van der Waals surface area (Å²) in [6.45, 7) is 3.00. The lowest BCUT2D eigenvalue weighted by molar-refractivity contribution is 0.319. The van der Waals surface area contributed by atoms with Gasteiger partial charge in [-0.3, -0.25) is 9.97 Å². The maximum absolute atomic E-state index is 13.6. The van der Waals surface area contributed by atoms with Gasteiger partial charge in [0.05, 0.1) is 11.0 Å². The molecule has 2 aromatic carbocycles. The summed E-state index contributed by atoms with van der Waals surface area (Å²) in [7, 11) is 0. The number of hydrogen-bond acceptors (Lipinski definition) is 4. The highest BCUT2D eigenvalue weighted by Crippen LogP contribution is 2.44. The molecule has 2 aliphatic rings. The Morgan fingerprint density at radius 1 is 1.04 bits per heavy atom. The predicted molar refractivity (Wildman–Crippen MR) is 99.9 cm³/mol. The van der Waals surface area contributed by atoms with Gasteiger partial charge in [-0.15, -0.1) is 0 Å². The Balaban J connectivity index is 1.63. The van der Waals surface area contributed by atoms with Gasteiger partial charge in [-0.2, -0.15) is 0 Å². The molecule has 3 aromatic rings. The average Bonchev–Trinajstić information content (AvgIpc) is 3.22. The SMILES string of the molecule is Cc1cc(F)ccc1N1C=C2CCCN2C1c1ccc2nccnc2c1. The molecular weight excluding hydrogens is 327 g/mol. The van der Waals surface area contributed by atoms with Gasteiger partial charge >= 0.3 is 0 Å². The van der Waals surface area contributed by atoms with Crippen LogP contribution in [0, 0.1) is 12.7 Å². The van der Waals surface area contributed by atoms with Gasteiger partial charge in [-0.1, -0.05) is 6.07 Å². The first-order valence-corrected chi connectivity index (χ1v) is 8.93. The number of hydrogen-bond donors (Lipinski definition) is 0. The van der Waals surface area contributed by atoms with Crippen LogP contribution in [0.1, 0.15) is 30.1 Å². The van der Waals surface area contributed by atoms with Crippen LogP contribution in [0.2, 0.25) is 0 Å². The van der Waals surface area contributed by atoms with Crippen molar-refractivity contribution in [2.24, 2.45) is 0 Å². The summed E-state index contributed by atoms with van der Waals surface area (Å²) in [5.41, 5.74) is 6.29. The summed E-state index contributed by atoms with van der Waals surface area (Å²) in [5, 5.41) is 0. The molecule has 0 amide bonds. The molecule has 0 spiro atoms. The molecular formula is C21H19FN4. The van der Waals surface area contributed by atoms with Crippen molar-refractivity contribution in [3.63, 3.8) is 0 Å². The minimum atomic E-state index is -0.198. The molecule has 26 heavy (non-hydrogen) atoms. The molecule has 0 saturated carbocycles. The Morgan fingerprint density at radius 2 is 1.88 bits per heavy atom. The maximum Gasteiger partial charge on any atom is 0.132 e. The monoisotopic (exact) mass is 346 g/mol. The fourth-order valence-corrected chi connectivity index (χ4v) is 4.11. The lowest BCUT2D eigenvalue weighted by Crippen LogP contribution is -2.31. The molecule has 2 aliphatic heterocycles. The normalized spacial score (nSPS) is 19.2. The standard InChI is InChI=1S/C21H19FN4/c1-14-11-16(22)5-7-20(14)26-13-17-3-2-10-25(17)21(26)15-4-6-18-19(12-15)24-9-8-23-18/h4-9,11-13,21H,2-3,10H2,1H3. The number of benzene rings is 2. The van der Waals surface area contributed by atoms with Gasteiger partial charge in [-0.05, 0) is 61.2 Å². The second-order valence-electron chi connectivity index (χ2n) is 6.93. The fourth-order valence-electron chi connectivity index (χ4n) is 4.11. The molecule has 1 unspecified atom stereocenters. The molecule has 5 rings (SSSR count). The molecule has 5 heteroatoms. The van der Waals surface area contributed by atoms with Crippen LogP contribution in [0.3, 0.4) is 0 Å².